The average Bonchev–Trinajstić information content (AvgIpc) is 2.96. The first kappa shape index (κ1) is 15.2. The molecule has 0 bridgehead atoms. The summed E-state index contributed by atoms with van der Waals surface area (Å²) in [7, 11) is 1.33. The van der Waals surface area contributed by atoms with Gasteiger partial charge in [-0.15, -0.1) is 0 Å². The smallest absolute Gasteiger partial charge is 0.337 e. The lowest BCUT2D eigenvalue weighted by Gasteiger charge is -2.15. The Kier molecular flexibility index (Phi) is 4.10. The standard InChI is InChI=1S/C18H16FNO3/c1-23-18(22)12-7-6-11-8-9-16(14(11)10-12)20-17(21)13-4-2-3-5-15(13)19/h2-7,10,16H,8-9H2,1H3,(H,20,21)/t16-/m1/s1. The fraction of sp³-hybridized carbons (Fsp3) is 0.222. The molecule has 0 aromatic heterocycles. The van der Waals surface area contributed by atoms with E-state index in [1.807, 2.05) is 6.07 Å². The molecule has 0 radical (unpaired) electrons. The van der Waals surface area contributed by atoms with Crippen LogP contribution in [0.2, 0.25) is 0 Å². The summed E-state index contributed by atoms with van der Waals surface area (Å²) in [5.74, 6) is -1.42. The van der Waals surface area contributed by atoms with Gasteiger partial charge in [-0.2, -0.15) is 0 Å². The Labute approximate surface area is 133 Å². The van der Waals surface area contributed by atoms with E-state index in [2.05, 4.69) is 5.32 Å². The minimum Gasteiger partial charge on any atom is -0.465 e. The number of rotatable bonds is 3. The number of amides is 1. The van der Waals surface area contributed by atoms with Crippen LogP contribution in [0.4, 0.5) is 4.39 Å². The summed E-state index contributed by atoms with van der Waals surface area (Å²) >= 11 is 0. The van der Waals surface area contributed by atoms with Crippen LogP contribution in [-0.4, -0.2) is 19.0 Å². The molecule has 1 atom stereocenters. The number of halogens is 1. The first-order chi connectivity index (χ1) is 11.1. The second-order valence-corrected chi connectivity index (χ2v) is 5.45. The quantitative estimate of drug-likeness (QED) is 0.886. The summed E-state index contributed by atoms with van der Waals surface area (Å²) in [4.78, 5) is 23.9. The first-order valence-electron chi connectivity index (χ1n) is 7.36. The number of benzene rings is 2. The van der Waals surface area contributed by atoms with E-state index < -0.39 is 17.7 Å². The molecule has 23 heavy (non-hydrogen) atoms. The molecule has 0 saturated carbocycles. The topological polar surface area (TPSA) is 55.4 Å². The van der Waals surface area contributed by atoms with Crippen LogP contribution in [0, 0.1) is 5.82 Å². The molecule has 0 saturated heterocycles. The molecule has 4 nitrogen and oxygen atoms in total. The van der Waals surface area contributed by atoms with Crippen LogP contribution in [0.15, 0.2) is 42.5 Å². The maximum Gasteiger partial charge on any atom is 0.337 e. The number of carbonyl (C=O) groups excluding carboxylic acids is 2. The molecule has 0 fully saturated rings. The predicted molar refractivity (Wildman–Crippen MR) is 82.7 cm³/mol. The molecule has 3 rings (SSSR count). The molecule has 5 heteroatoms. The van der Waals surface area contributed by atoms with Gasteiger partial charge in [-0.05, 0) is 48.2 Å². The van der Waals surface area contributed by atoms with Crippen LogP contribution in [0.5, 0.6) is 0 Å². The molecule has 0 spiro atoms. The predicted octanol–water partition coefficient (Wildman–Crippen LogP) is 3.03. The molecule has 0 unspecified atom stereocenters. The van der Waals surface area contributed by atoms with E-state index in [4.69, 9.17) is 4.74 Å². The molecule has 1 aliphatic rings. The van der Waals surface area contributed by atoms with Gasteiger partial charge in [-0.25, -0.2) is 9.18 Å². The van der Waals surface area contributed by atoms with Crippen molar-refractivity contribution in [3.05, 3.63) is 70.5 Å². The number of ether oxygens (including phenoxy) is 1. The molecule has 0 aliphatic heterocycles. The van der Waals surface area contributed by atoms with Crippen LogP contribution in [-0.2, 0) is 11.2 Å². The molecule has 2 aromatic carbocycles. The van der Waals surface area contributed by atoms with Crippen molar-refractivity contribution < 1.29 is 18.7 Å². The highest BCUT2D eigenvalue weighted by molar-refractivity contribution is 5.95. The fourth-order valence-electron chi connectivity index (χ4n) is 2.88. The van der Waals surface area contributed by atoms with Crippen LogP contribution in [0.3, 0.4) is 0 Å². The molecular weight excluding hydrogens is 297 g/mol. The summed E-state index contributed by atoms with van der Waals surface area (Å²) in [5.41, 5.74) is 2.43. The Morgan fingerprint density at radius 1 is 1.22 bits per heavy atom. The van der Waals surface area contributed by atoms with Crippen molar-refractivity contribution in [3.63, 3.8) is 0 Å². The van der Waals surface area contributed by atoms with Gasteiger partial charge in [0, 0.05) is 0 Å². The Morgan fingerprint density at radius 2 is 2.00 bits per heavy atom. The SMILES string of the molecule is COC(=O)c1ccc2c(c1)[C@H](NC(=O)c1ccccc1F)CC2. The van der Waals surface area contributed by atoms with Crippen molar-refractivity contribution in [1.29, 1.82) is 0 Å². The zero-order valence-electron chi connectivity index (χ0n) is 12.6. The zero-order chi connectivity index (χ0) is 16.4. The average molecular weight is 313 g/mol. The van der Waals surface area contributed by atoms with Crippen molar-refractivity contribution in [1.82, 2.24) is 5.32 Å². The van der Waals surface area contributed by atoms with Gasteiger partial charge in [0.05, 0.1) is 24.3 Å². The Balaban J connectivity index is 1.83. The van der Waals surface area contributed by atoms with Crippen molar-refractivity contribution in [2.24, 2.45) is 0 Å². The Hall–Kier alpha value is -2.69. The van der Waals surface area contributed by atoms with E-state index in [9.17, 15) is 14.0 Å². The minimum absolute atomic E-state index is 0.0186. The monoisotopic (exact) mass is 313 g/mol. The molecule has 1 aliphatic carbocycles. The summed E-state index contributed by atoms with van der Waals surface area (Å²) in [6.07, 6.45) is 1.53. The van der Waals surface area contributed by atoms with Crippen molar-refractivity contribution in [3.8, 4) is 0 Å². The highest BCUT2D eigenvalue weighted by atomic mass is 19.1. The number of fused-ring (bicyclic) bond motifs is 1. The van der Waals surface area contributed by atoms with E-state index in [1.165, 1.54) is 19.2 Å². The number of carbonyl (C=O) groups is 2. The fourth-order valence-corrected chi connectivity index (χ4v) is 2.88. The lowest BCUT2D eigenvalue weighted by Crippen LogP contribution is -2.28. The molecule has 0 heterocycles. The third kappa shape index (κ3) is 2.95. The lowest BCUT2D eigenvalue weighted by atomic mass is 10.0. The van der Waals surface area contributed by atoms with Crippen molar-refractivity contribution >= 4 is 11.9 Å². The molecule has 118 valence electrons. The van der Waals surface area contributed by atoms with E-state index >= 15 is 0 Å². The minimum atomic E-state index is -0.550. The summed E-state index contributed by atoms with van der Waals surface area (Å²) in [6, 6.07) is 11.0. The van der Waals surface area contributed by atoms with Gasteiger partial charge >= 0.3 is 5.97 Å². The maximum absolute atomic E-state index is 13.7. The molecule has 1 amide bonds. The van der Waals surface area contributed by atoms with Gasteiger partial charge in [0.25, 0.3) is 5.91 Å². The van der Waals surface area contributed by atoms with E-state index in [1.54, 1.807) is 24.3 Å². The highest BCUT2D eigenvalue weighted by Gasteiger charge is 2.26. The van der Waals surface area contributed by atoms with E-state index in [-0.39, 0.29) is 11.6 Å². The molecular formula is C18H16FNO3. The van der Waals surface area contributed by atoms with Crippen LogP contribution in [0.1, 0.15) is 44.3 Å². The second kappa shape index (κ2) is 6.20. The first-order valence-corrected chi connectivity index (χ1v) is 7.36. The number of esters is 1. The van der Waals surface area contributed by atoms with Crippen LogP contribution in [0.25, 0.3) is 0 Å². The number of nitrogens with one attached hydrogen (secondary N) is 1. The highest BCUT2D eigenvalue weighted by Crippen LogP contribution is 2.32. The van der Waals surface area contributed by atoms with Gasteiger partial charge in [0.1, 0.15) is 5.82 Å². The third-order valence-corrected chi connectivity index (χ3v) is 4.07. The largest absolute Gasteiger partial charge is 0.465 e. The van der Waals surface area contributed by atoms with Crippen LogP contribution >= 0.6 is 0 Å². The zero-order valence-corrected chi connectivity index (χ0v) is 12.6. The van der Waals surface area contributed by atoms with Gasteiger partial charge in [-0.1, -0.05) is 18.2 Å². The lowest BCUT2D eigenvalue weighted by molar-refractivity contribution is 0.0600. The van der Waals surface area contributed by atoms with Gasteiger partial charge in [0.2, 0.25) is 0 Å². The number of methoxy groups -OCH3 is 1. The Morgan fingerprint density at radius 3 is 2.74 bits per heavy atom. The maximum atomic E-state index is 13.7. The molecule has 1 N–H and O–H groups in total. The van der Waals surface area contributed by atoms with Gasteiger partial charge < -0.3 is 10.1 Å². The summed E-state index contributed by atoms with van der Waals surface area (Å²) in [6.45, 7) is 0. The summed E-state index contributed by atoms with van der Waals surface area (Å²) in [5, 5.41) is 2.85. The molecule has 2 aromatic rings. The normalized spacial score (nSPS) is 15.8. The van der Waals surface area contributed by atoms with Gasteiger partial charge in [0.15, 0.2) is 0 Å². The van der Waals surface area contributed by atoms with Crippen LogP contribution < -0.4 is 5.32 Å². The third-order valence-electron chi connectivity index (χ3n) is 4.07. The second-order valence-electron chi connectivity index (χ2n) is 5.45. The van der Waals surface area contributed by atoms with Crippen molar-refractivity contribution in [2.75, 3.05) is 7.11 Å². The van der Waals surface area contributed by atoms with Crippen molar-refractivity contribution in [2.45, 2.75) is 18.9 Å². The Bertz CT molecular complexity index is 773. The summed E-state index contributed by atoms with van der Waals surface area (Å²) < 4.78 is 18.4. The van der Waals surface area contributed by atoms with E-state index in [0.717, 1.165) is 24.0 Å². The number of hydrogen-bond acceptors (Lipinski definition) is 3. The number of aryl methyl sites for hydroxylation is 1. The van der Waals surface area contributed by atoms with E-state index in [0.29, 0.717) is 5.56 Å². The number of hydrogen-bond donors (Lipinski definition) is 1. The van der Waals surface area contributed by atoms with Gasteiger partial charge in [-0.3, -0.25) is 4.79 Å².